The largest absolute Gasteiger partial charge is 0.484 e. The number of nitrogens with zero attached hydrogens (tertiary/aromatic N) is 1. The Bertz CT molecular complexity index is 619. The van der Waals surface area contributed by atoms with Gasteiger partial charge in [0.15, 0.2) is 6.61 Å². The van der Waals surface area contributed by atoms with Crippen LogP contribution in [0, 0.1) is 17.2 Å². The lowest BCUT2D eigenvalue weighted by molar-refractivity contribution is -0.147. The Balaban J connectivity index is 2.22. The third kappa shape index (κ3) is 3.31. The summed E-state index contributed by atoms with van der Waals surface area (Å²) in [5.74, 6) is -0.692. The number of primary amides is 1. The molecule has 0 radical (unpaired) electrons. The number of benzene rings is 1. The molecule has 2 N–H and O–H groups in total. The van der Waals surface area contributed by atoms with Crippen molar-refractivity contribution in [1.29, 1.82) is 5.26 Å². The van der Waals surface area contributed by atoms with E-state index in [2.05, 4.69) is 6.07 Å². The van der Waals surface area contributed by atoms with Gasteiger partial charge >= 0.3 is 5.97 Å². The van der Waals surface area contributed by atoms with Crippen LogP contribution in [0.4, 0.5) is 0 Å². The highest BCUT2D eigenvalue weighted by Gasteiger charge is 2.31. The first-order valence-electron chi connectivity index (χ1n) is 6.68. The third-order valence-electron chi connectivity index (χ3n) is 3.35. The minimum Gasteiger partial charge on any atom is -0.484 e. The summed E-state index contributed by atoms with van der Waals surface area (Å²) in [7, 11) is 0. The van der Waals surface area contributed by atoms with E-state index in [4.69, 9.17) is 15.2 Å². The molecule has 0 saturated carbocycles. The van der Waals surface area contributed by atoms with Crippen LogP contribution in [0.15, 0.2) is 12.1 Å². The Labute approximate surface area is 122 Å². The predicted molar refractivity (Wildman–Crippen MR) is 73.4 cm³/mol. The lowest BCUT2D eigenvalue weighted by Crippen LogP contribution is -2.20. The highest BCUT2D eigenvalue weighted by molar-refractivity contribution is 5.76. The molecule has 1 aliphatic carbocycles. The Morgan fingerprint density at radius 2 is 2.19 bits per heavy atom. The highest BCUT2D eigenvalue weighted by Crippen LogP contribution is 2.33. The number of nitriles is 1. The predicted octanol–water partition coefficient (Wildman–Crippen LogP) is 0.700. The second kappa shape index (κ2) is 6.27. The van der Waals surface area contributed by atoms with Crippen molar-refractivity contribution in [2.45, 2.75) is 19.8 Å². The van der Waals surface area contributed by atoms with E-state index in [1.807, 2.05) is 0 Å². The average Bonchev–Trinajstić information content (AvgIpc) is 2.88. The molecule has 0 aliphatic heterocycles. The van der Waals surface area contributed by atoms with Crippen LogP contribution < -0.4 is 10.5 Å². The molecular formula is C15H16N2O4. The van der Waals surface area contributed by atoms with Crippen LogP contribution in [-0.2, 0) is 27.2 Å². The Kier molecular flexibility index (Phi) is 4.43. The van der Waals surface area contributed by atoms with Crippen molar-refractivity contribution in [2.75, 3.05) is 13.2 Å². The lowest BCUT2D eigenvalue weighted by Gasteiger charge is -2.07. The molecule has 1 unspecified atom stereocenters. The number of ether oxygens (including phenoxy) is 2. The molecule has 0 fully saturated rings. The van der Waals surface area contributed by atoms with Gasteiger partial charge in [0.25, 0.3) is 5.91 Å². The van der Waals surface area contributed by atoms with Crippen molar-refractivity contribution < 1.29 is 19.1 Å². The monoisotopic (exact) mass is 288 g/mol. The molecule has 0 heterocycles. The average molecular weight is 288 g/mol. The molecule has 1 aliphatic rings. The summed E-state index contributed by atoms with van der Waals surface area (Å²) in [6.07, 6.45) is 1.00. The maximum Gasteiger partial charge on any atom is 0.309 e. The van der Waals surface area contributed by atoms with E-state index in [0.717, 1.165) is 11.1 Å². The zero-order valence-corrected chi connectivity index (χ0v) is 11.7. The summed E-state index contributed by atoms with van der Waals surface area (Å²) in [6, 6.07) is 5.41. The van der Waals surface area contributed by atoms with E-state index in [0.29, 0.717) is 30.8 Å². The van der Waals surface area contributed by atoms with Gasteiger partial charge in [0.05, 0.1) is 24.2 Å². The van der Waals surface area contributed by atoms with Gasteiger partial charge in [-0.1, -0.05) is 0 Å². The molecular weight excluding hydrogens is 272 g/mol. The zero-order valence-electron chi connectivity index (χ0n) is 11.7. The molecule has 1 aromatic carbocycles. The van der Waals surface area contributed by atoms with Crippen molar-refractivity contribution in [3.05, 3.63) is 28.8 Å². The highest BCUT2D eigenvalue weighted by atomic mass is 16.5. The third-order valence-corrected chi connectivity index (χ3v) is 3.35. The van der Waals surface area contributed by atoms with E-state index < -0.39 is 5.91 Å². The van der Waals surface area contributed by atoms with Gasteiger partial charge in [-0.05, 0) is 43.0 Å². The SMILES string of the molecule is CCOC(=O)C1Cc2cc(OCC(N)=O)cc(C#N)c2C1. The van der Waals surface area contributed by atoms with Gasteiger partial charge in [0.1, 0.15) is 5.75 Å². The Morgan fingerprint density at radius 3 is 2.81 bits per heavy atom. The summed E-state index contributed by atoms with van der Waals surface area (Å²) in [5, 5.41) is 9.22. The number of nitrogens with two attached hydrogens (primary N) is 1. The van der Waals surface area contributed by atoms with Crippen molar-refractivity contribution >= 4 is 11.9 Å². The van der Waals surface area contributed by atoms with Crippen molar-refractivity contribution in [3.63, 3.8) is 0 Å². The summed E-state index contributed by atoms with van der Waals surface area (Å²) < 4.78 is 10.3. The summed E-state index contributed by atoms with van der Waals surface area (Å²) in [5.41, 5.74) is 7.22. The van der Waals surface area contributed by atoms with Gasteiger partial charge in [-0.15, -0.1) is 0 Å². The minimum atomic E-state index is -0.585. The van der Waals surface area contributed by atoms with Crippen molar-refractivity contribution in [1.82, 2.24) is 0 Å². The maximum atomic E-state index is 11.8. The first-order chi connectivity index (χ1) is 10.0. The lowest BCUT2D eigenvalue weighted by atomic mass is 10.0. The molecule has 6 heteroatoms. The minimum absolute atomic E-state index is 0.245. The number of carbonyl (C=O) groups excluding carboxylic acids is 2. The summed E-state index contributed by atoms with van der Waals surface area (Å²) in [6.45, 7) is 1.85. The first-order valence-corrected chi connectivity index (χ1v) is 6.68. The van der Waals surface area contributed by atoms with Crippen LogP contribution >= 0.6 is 0 Å². The topological polar surface area (TPSA) is 102 Å². The standard InChI is InChI=1S/C15H16N2O4/c1-2-20-15(19)10-3-9-4-12(21-8-14(17)18)5-11(7-16)13(9)6-10/h4-5,10H,2-3,6,8H2,1H3,(H2,17,18). The number of hydrogen-bond donors (Lipinski definition) is 1. The Morgan fingerprint density at radius 1 is 1.43 bits per heavy atom. The van der Waals surface area contributed by atoms with Gasteiger partial charge < -0.3 is 15.2 Å². The van der Waals surface area contributed by atoms with E-state index in [1.165, 1.54) is 0 Å². The van der Waals surface area contributed by atoms with Crippen molar-refractivity contribution in [2.24, 2.45) is 11.7 Å². The van der Waals surface area contributed by atoms with E-state index in [1.54, 1.807) is 19.1 Å². The Hall–Kier alpha value is -2.55. The van der Waals surface area contributed by atoms with Gasteiger partial charge in [0.2, 0.25) is 0 Å². The second-order valence-electron chi connectivity index (χ2n) is 4.83. The zero-order chi connectivity index (χ0) is 15.4. The fourth-order valence-electron chi connectivity index (χ4n) is 2.47. The molecule has 0 bridgehead atoms. The number of carbonyl (C=O) groups is 2. The fraction of sp³-hybridized carbons (Fsp3) is 0.400. The van der Waals surface area contributed by atoms with Crippen LogP contribution in [0.25, 0.3) is 0 Å². The molecule has 110 valence electrons. The molecule has 0 spiro atoms. The van der Waals surface area contributed by atoms with E-state index >= 15 is 0 Å². The van der Waals surface area contributed by atoms with Crippen molar-refractivity contribution in [3.8, 4) is 11.8 Å². The normalized spacial score (nSPS) is 15.9. The van der Waals surface area contributed by atoms with E-state index in [-0.39, 0.29) is 18.5 Å². The molecule has 21 heavy (non-hydrogen) atoms. The van der Waals surface area contributed by atoms with Gasteiger partial charge in [-0.2, -0.15) is 5.26 Å². The number of rotatable bonds is 5. The van der Waals surface area contributed by atoms with Crippen LogP contribution in [0.1, 0.15) is 23.6 Å². The van der Waals surface area contributed by atoms with Gasteiger partial charge in [-0.3, -0.25) is 9.59 Å². The van der Waals surface area contributed by atoms with Gasteiger partial charge in [-0.25, -0.2) is 0 Å². The molecule has 1 atom stereocenters. The van der Waals surface area contributed by atoms with Crippen LogP contribution in [0.5, 0.6) is 5.75 Å². The molecule has 6 nitrogen and oxygen atoms in total. The molecule has 2 rings (SSSR count). The second-order valence-corrected chi connectivity index (χ2v) is 4.83. The first kappa shape index (κ1) is 14.9. The number of hydrogen-bond acceptors (Lipinski definition) is 5. The van der Waals surface area contributed by atoms with E-state index in [9.17, 15) is 14.9 Å². The van der Waals surface area contributed by atoms with Crippen LogP contribution in [0.3, 0.4) is 0 Å². The summed E-state index contributed by atoms with van der Waals surface area (Å²) >= 11 is 0. The molecule has 1 amide bonds. The number of esters is 1. The number of fused-ring (bicyclic) bond motifs is 1. The number of amides is 1. The van der Waals surface area contributed by atoms with Crippen LogP contribution in [-0.4, -0.2) is 25.1 Å². The molecule has 0 saturated heterocycles. The molecule has 1 aromatic rings. The quantitative estimate of drug-likeness (QED) is 0.803. The maximum absolute atomic E-state index is 11.8. The smallest absolute Gasteiger partial charge is 0.309 e. The van der Waals surface area contributed by atoms with Crippen LogP contribution in [0.2, 0.25) is 0 Å². The summed E-state index contributed by atoms with van der Waals surface area (Å²) in [4.78, 5) is 22.6. The van der Waals surface area contributed by atoms with Gasteiger partial charge in [0, 0.05) is 0 Å². The fourth-order valence-corrected chi connectivity index (χ4v) is 2.47. The molecule has 0 aromatic heterocycles.